The van der Waals surface area contributed by atoms with E-state index in [0.717, 1.165) is 5.56 Å². The summed E-state index contributed by atoms with van der Waals surface area (Å²) in [6, 6.07) is 9.14. The molecule has 8 heteroatoms. The molecule has 0 saturated carbocycles. The van der Waals surface area contributed by atoms with Gasteiger partial charge in [-0.1, -0.05) is 26.8 Å². The molecule has 0 aliphatic carbocycles. The highest BCUT2D eigenvalue weighted by Crippen LogP contribution is 2.29. The fraction of sp³-hybridized carbons (Fsp3) is 0.250. The van der Waals surface area contributed by atoms with E-state index in [1.165, 1.54) is 23.0 Å². The van der Waals surface area contributed by atoms with Crippen molar-refractivity contribution in [3.63, 3.8) is 0 Å². The number of phenolic OH excluding ortho intramolecular Hbond substituents is 1. The first-order valence-electron chi connectivity index (χ1n) is 7.24. The molecule has 0 amide bonds. The van der Waals surface area contributed by atoms with E-state index in [-0.39, 0.29) is 16.1 Å². The molecular formula is C16H17N3O4S. The second-order valence-electron chi connectivity index (χ2n) is 6.57. The number of nitrogens with zero attached hydrogens (tertiary/aromatic N) is 3. The van der Waals surface area contributed by atoms with Crippen LogP contribution in [-0.4, -0.2) is 33.1 Å². The SMILES string of the molecule is CC(C)(C)c1ccc(O)c(-n2nc3ccc(S(=O)(=O)O)cc3n2)c1. The number of aromatic hydroxyl groups is 1. The Kier molecular flexibility index (Phi) is 3.61. The van der Waals surface area contributed by atoms with Gasteiger partial charge in [0, 0.05) is 0 Å². The molecule has 7 nitrogen and oxygen atoms in total. The topological polar surface area (TPSA) is 105 Å². The van der Waals surface area contributed by atoms with Crippen molar-refractivity contribution in [3.05, 3.63) is 42.0 Å². The van der Waals surface area contributed by atoms with E-state index in [0.29, 0.717) is 16.7 Å². The molecular weight excluding hydrogens is 330 g/mol. The van der Waals surface area contributed by atoms with Crippen LogP contribution in [0, 0.1) is 0 Å². The summed E-state index contributed by atoms with van der Waals surface area (Å²) in [5.74, 6) is 0.0123. The molecule has 3 rings (SSSR count). The number of aromatic nitrogens is 3. The zero-order valence-electron chi connectivity index (χ0n) is 13.4. The Morgan fingerprint density at radius 1 is 1.00 bits per heavy atom. The molecule has 0 unspecified atom stereocenters. The molecule has 1 aromatic heterocycles. The molecule has 0 aliphatic heterocycles. The summed E-state index contributed by atoms with van der Waals surface area (Å²) in [4.78, 5) is 0.998. The first-order chi connectivity index (χ1) is 11.1. The predicted octanol–water partition coefficient (Wildman–Crippen LogP) is 2.67. The number of benzene rings is 2. The first-order valence-corrected chi connectivity index (χ1v) is 8.68. The van der Waals surface area contributed by atoms with Gasteiger partial charge in [-0.15, -0.1) is 15.0 Å². The van der Waals surface area contributed by atoms with Crippen LogP contribution in [0.3, 0.4) is 0 Å². The summed E-state index contributed by atoms with van der Waals surface area (Å²) in [6.07, 6.45) is 0. The molecule has 0 bridgehead atoms. The zero-order valence-corrected chi connectivity index (χ0v) is 14.2. The van der Waals surface area contributed by atoms with Crippen LogP contribution in [0.15, 0.2) is 41.3 Å². The van der Waals surface area contributed by atoms with Gasteiger partial charge in [-0.25, -0.2) is 0 Å². The van der Waals surface area contributed by atoms with Gasteiger partial charge in [0.2, 0.25) is 0 Å². The summed E-state index contributed by atoms with van der Waals surface area (Å²) in [5, 5.41) is 18.6. The molecule has 0 aliphatic rings. The maximum Gasteiger partial charge on any atom is 0.294 e. The zero-order chi connectivity index (χ0) is 17.7. The Morgan fingerprint density at radius 2 is 1.67 bits per heavy atom. The minimum Gasteiger partial charge on any atom is -0.506 e. The van der Waals surface area contributed by atoms with Crippen LogP contribution in [0.5, 0.6) is 5.75 Å². The van der Waals surface area contributed by atoms with Gasteiger partial charge in [-0.2, -0.15) is 8.42 Å². The van der Waals surface area contributed by atoms with Gasteiger partial charge >= 0.3 is 0 Å². The number of rotatable bonds is 2. The van der Waals surface area contributed by atoms with Crippen LogP contribution in [0.25, 0.3) is 16.7 Å². The van der Waals surface area contributed by atoms with Crippen LogP contribution < -0.4 is 0 Å². The van der Waals surface area contributed by atoms with Crippen molar-refractivity contribution in [3.8, 4) is 11.4 Å². The van der Waals surface area contributed by atoms with E-state index in [1.807, 2.05) is 6.07 Å². The van der Waals surface area contributed by atoms with Crippen molar-refractivity contribution in [2.45, 2.75) is 31.1 Å². The van der Waals surface area contributed by atoms with Gasteiger partial charge in [0.05, 0.1) is 4.90 Å². The van der Waals surface area contributed by atoms with Gasteiger partial charge in [0.25, 0.3) is 10.1 Å². The monoisotopic (exact) mass is 347 g/mol. The van der Waals surface area contributed by atoms with Crippen LogP contribution in [0.1, 0.15) is 26.3 Å². The highest BCUT2D eigenvalue weighted by atomic mass is 32.2. The molecule has 0 radical (unpaired) electrons. The van der Waals surface area contributed by atoms with Crippen LogP contribution >= 0.6 is 0 Å². The highest BCUT2D eigenvalue weighted by molar-refractivity contribution is 7.85. The third kappa shape index (κ3) is 2.98. The third-order valence-corrected chi connectivity index (χ3v) is 4.56. The summed E-state index contributed by atoms with van der Waals surface area (Å²) in [5.41, 5.74) is 2.02. The molecule has 2 N–H and O–H groups in total. The maximum absolute atomic E-state index is 11.2. The molecule has 24 heavy (non-hydrogen) atoms. The second kappa shape index (κ2) is 5.29. The fourth-order valence-corrected chi connectivity index (χ4v) is 2.81. The minimum atomic E-state index is -4.31. The van der Waals surface area contributed by atoms with Gasteiger partial charge < -0.3 is 5.11 Å². The fourth-order valence-electron chi connectivity index (χ4n) is 2.31. The lowest BCUT2D eigenvalue weighted by molar-refractivity contribution is 0.466. The Hall–Kier alpha value is -2.45. The van der Waals surface area contributed by atoms with Crippen LogP contribution in [0.2, 0.25) is 0 Å². The van der Waals surface area contributed by atoms with E-state index in [1.54, 1.807) is 12.1 Å². The van der Waals surface area contributed by atoms with Crippen LogP contribution in [0.4, 0.5) is 0 Å². The number of phenols is 1. The van der Waals surface area contributed by atoms with Crippen molar-refractivity contribution in [1.29, 1.82) is 0 Å². The van der Waals surface area contributed by atoms with E-state index >= 15 is 0 Å². The number of hydrogen-bond acceptors (Lipinski definition) is 5. The third-order valence-electron chi connectivity index (χ3n) is 3.71. The molecule has 126 valence electrons. The molecule has 0 fully saturated rings. The summed E-state index contributed by atoms with van der Waals surface area (Å²) in [7, 11) is -4.31. The Labute approximate surface area is 139 Å². The van der Waals surface area contributed by atoms with E-state index in [9.17, 15) is 13.5 Å². The molecule has 0 atom stereocenters. The Balaban J connectivity index is 2.17. The van der Waals surface area contributed by atoms with Crippen molar-refractivity contribution >= 4 is 21.2 Å². The van der Waals surface area contributed by atoms with Crippen molar-refractivity contribution in [1.82, 2.24) is 15.0 Å². The smallest absolute Gasteiger partial charge is 0.294 e. The average Bonchev–Trinajstić information content (AvgIpc) is 2.88. The molecule has 0 spiro atoms. The van der Waals surface area contributed by atoms with E-state index < -0.39 is 10.1 Å². The normalized spacial score (nSPS) is 12.7. The Morgan fingerprint density at radius 3 is 2.29 bits per heavy atom. The minimum absolute atomic E-state index is 0.0123. The number of hydrogen-bond donors (Lipinski definition) is 2. The van der Waals surface area contributed by atoms with Crippen molar-refractivity contribution in [2.24, 2.45) is 0 Å². The molecule has 1 heterocycles. The summed E-state index contributed by atoms with van der Waals surface area (Å²) >= 11 is 0. The lowest BCUT2D eigenvalue weighted by Gasteiger charge is -2.19. The van der Waals surface area contributed by atoms with Gasteiger partial charge in [-0.05, 0) is 41.3 Å². The molecule has 0 saturated heterocycles. The Bertz CT molecular complexity index is 1030. The lowest BCUT2D eigenvalue weighted by Crippen LogP contribution is -2.12. The van der Waals surface area contributed by atoms with Crippen LogP contribution in [-0.2, 0) is 15.5 Å². The lowest BCUT2D eigenvalue weighted by atomic mass is 9.87. The van der Waals surface area contributed by atoms with Crippen molar-refractivity contribution < 1.29 is 18.1 Å². The largest absolute Gasteiger partial charge is 0.506 e. The second-order valence-corrected chi connectivity index (χ2v) is 7.99. The van der Waals surface area contributed by atoms with Gasteiger partial charge in [-0.3, -0.25) is 4.55 Å². The van der Waals surface area contributed by atoms with Gasteiger partial charge in [0.15, 0.2) is 0 Å². The standard InChI is InChI=1S/C16H17N3O4S/c1-16(2,3)10-4-7-15(20)14(8-10)19-17-12-6-5-11(24(21,22)23)9-13(12)18-19/h4-9,20H,1-3H3,(H,21,22,23). The maximum atomic E-state index is 11.2. The molecule has 2 aromatic carbocycles. The number of fused-ring (bicyclic) bond motifs is 1. The highest BCUT2D eigenvalue weighted by Gasteiger charge is 2.18. The summed E-state index contributed by atoms with van der Waals surface area (Å²) < 4.78 is 31.6. The molecule has 3 aromatic rings. The average molecular weight is 347 g/mol. The quantitative estimate of drug-likeness (QED) is 0.691. The van der Waals surface area contributed by atoms with E-state index in [2.05, 4.69) is 31.0 Å². The van der Waals surface area contributed by atoms with E-state index in [4.69, 9.17) is 4.55 Å². The van der Waals surface area contributed by atoms with Crippen molar-refractivity contribution in [2.75, 3.05) is 0 Å². The summed E-state index contributed by atoms with van der Waals surface area (Å²) in [6.45, 7) is 6.15. The first kappa shape index (κ1) is 16.4. The predicted molar refractivity (Wildman–Crippen MR) is 89.0 cm³/mol. The van der Waals surface area contributed by atoms with Gasteiger partial charge in [0.1, 0.15) is 22.5 Å².